The summed E-state index contributed by atoms with van der Waals surface area (Å²) < 4.78 is 22.6. The summed E-state index contributed by atoms with van der Waals surface area (Å²) in [5.74, 6) is -0.754. The smallest absolute Gasteiger partial charge is 0.358 e. The Kier molecular flexibility index (Phi) is 5.95. The van der Waals surface area contributed by atoms with Crippen LogP contribution in [0.4, 0.5) is 4.39 Å². The lowest BCUT2D eigenvalue weighted by Gasteiger charge is -2.07. The third-order valence-electron chi connectivity index (χ3n) is 5.77. The SMILES string of the molecule is CCOC(=O)c1cc(-c2cn(Cc3ccccc3)c3ccccc23)n(Cc2ccc(F)cc2)n1. The maximum absolute atomic E-state index is 13.4. The predicted octanol–water partition coefficient (Wildman–Crippen LogP) is 5.92. The molecule has 0 bridgehead atoms. The van der Waals surface area contributed by atoms with Gasteiger partial charge < -0.3 is 9.30 Å². The van der Waals surface area contributed by atoms with Gasteiger partial charge in [-0.1, -0.05) is 60.7 Å². The van der Waals surface area contributed by atoms with Crippen molar-refractivity contribution in [3.63, 3.8) is 0 Å². The first kappa shape index (κ1) is 21.6. The van der Waals surface area contributed by atoms with Gasteiger partial charge in [-0.05, 0) is 42.3 Å². The fourth-order valence-corrected chi connectivity index (χ4v) is 4.18. The Labute approximate surface area is 197 Å². The number of carbonyl (C=O) groups excluding carboxylic acids is 1. The second-order valence-electron chi connectivity index (χ2n) is 8.09. The highest BCUT2D eigenvalue weighted by atomic mass is 19.1. The van der Waals surface area contributed by atoms with Crippen LogP contribution < -0.4 is 0 Å². The third-order valence-corrected chi connectivity index (χ3v) is 5.77. The topological polar surface area (TPSA) is 49.0 Å². The molecular weight excluding hydrogens is 429 g/mol. The van der Waals surface area contributed by atoms with Crippen LogP contribution in [0, 0.1) is 5.82 Å². The summed E-state index contributed by atoms with van der Waals surface area (Å²) in [7, 11) is 0. The number of benzene rings is 3. The highest BCUT2D eigenvalue weighted by molar-refractivity contribution is 5.97. The summed E-state index contributed by atoms with van der Waals surface area (Å²) in [6.07, 6.45) is 2.10. The van der Waals surface area contributed by atoms with Crippen molar-refractivity contribution >= 4 is 16.9 Å². The molecule has 0 aliphatic heterocycles. The van der Waals surface area contributed by atoms with E-state index in [0.717, 1.165) is 34.3 Å². The minimum Gasteiger partial charge on any atom is -0.461 e. The van der Waals surface area contributed by atoms with Gasteiger partial charge in [-0.2, -0.15) is 5.10 Å². The van der Waals surface area contributed by atoms with Gasteiger partial charge in [-0.3, -0.25) is 4.68 Å². The van der Waals surface area contributed by atoms with Crippen molar-refractivity contribution in [3.8, 4) is 11.3 Å². The Morgan fingerprint density at radius 1 is 0.912 bits per heavy atom. The first-order valence-electron chi connectivity index (χ1n) is 11.2. The lowest BCUT2D eigenvalue weighted by molar-refractivity contribution is 0.0518. The van der Waals surface area contributed by atoms with E-state index in [1.54, 1.807) is 29.8 Å². The van der Waals surface area contributed by atoms with Crippen molar-refractivity contribution in [2.24, 2.45) is 0 Å². The highest BCUT2D eigenvalue weighted by Gasteiger charge is 2.20. The Balaban J connectivity index is 1.62. The minimum absolute atomic E-state index is 0.249. The van der Waals surface area contributed by atoms with Crippen LogP contribution in [0.15, 0.2) is 91.1 Å². The Hall–Kier alpha value is -4.19. The Bertz CT molecular complexity index is 1440. The van der Waals surface area contributed by atoms with Gasteiger partial charge in [0.05, 0.1) is 18.8 Å². The number of para-hydroxylation sites is 1. The van der Waals surface area contributed by atoms with Gasteiger partial charge in [-0.25, -0.2) is 9.18 Å². The average molecular weight is 454 g/mol. The Morgan fingerprint density at radius 3 is 2.38 bits per heavy atom. The van der Waals surface area contributed by atoms with Crippen LogP contribution in [0.2, 0.25) is 0 Å². The molecule has 0 unspecified atom stereocenters. The summed E-state index contributed by atoms with van der Waals surface area (Å²) in [5.41, 5.74) is 5.19. The second kappa shape index (κ2) is 9.35. The molecule has 2 heterocycles. The molecule has 0 aliphatic carbocycles. The van der Waals surface area contributed by atoms with Crippen LogP contribution in [-0.2, 0) is 17.8 Å². The maximum atomic E-state index is 13.4. The number of fused-ring (bicyclic) bond motifs is 1. The normalized spacial score (nSPS) is 11.1. The molecule has 170 valence electrons. The number of rotatable bonds is 7. The number of nitrogens with zero attached hydrogens (tertiary/aromatic N) is 3. The number of hydrogen-bond donors (Lipinski definition) is 0. The summed E-state index contributed by atoms with van der Waals surface area (Å²) in [5, 5.41) is 5.63. The lowest BCUT2D eigenvalue weighted by Crippen LogP contribution is -2.08. The van der Waals surface area contributed by atoms with Crippen molar-refractivity contribution in [1.29, 1.82) is 0 Å². The van der Waals surface area contributed by atoms with Crippen LogP contribution in [0.25, 0.3) is 22.2 Å². The number of hydrogen-bond acceptors (Lipinski definition) is 3. The standard InChI is InChI=1S/C28H24FN3O2/c1-2-34-28(33)25-16-27(32(30-25)18-21-12-14-22(29)15-13-21)24-19-31(17-20-8-4-3-5-9-20)26-11-7-6-10-23(24)26/h3-16,19H,2,17-18H2,1H3. The van der Waals surface area contributed by atoms with Crippen LogP contribution in [0.1, 0.15) is 28.5 Å². The van der Waals surface area contributed by atoms with Crippen molar-refractivity contribution in [2.45, 2.75) is 20.0 Å². The van der Waals surface area contributed by atoms with Crippen molar-refractivity contribution in [3.05, 3.63) is 114 Å². The van der Waals surface area contributed by atoms with Gasteiger partial charge in [0.1, 0.15) is 5.82 Å². The van der Waals surface area contributed by atoms with Crippen LogP contribution in [-0.4, -0.2) is 26.9 Å². The molecule has 0 saturated heterocycles. The van der Waals surface area contributed by atoms with Gasteiger partial charge in [0, 0.05) is 29.2 Å². The van der Waals surface area contributed by atoms with E-state index in [1.807, 2.05) is 30.3 Å². The van der Waals surface area contributed by atoms with Crippen molar-refractivity contribution in [1.82, 2.24) is 14.3 Å². The van der Waals surface area contributed by atoms with E-state index in [1.165, 1.54) is 17.7 Å². The second-order valence-corrected chi connectivity index (χ2v) is 8.09. The van der Waals surface area contributed by atoms with Crippen molar-refractivity contribution < 1.29 is 13.9 Å². The van der Waals surface area contributed by atoms with Crippen molar-refractivity contribution in [2.75, 3.05) is 6.61 Å². The zero-order chi connectivity index (χ0) is 23.5. The zero-order valence-electron chi connectivity index (χ0n) is 18.8. The number of carbonyl (C=O) groups is 1. The molecule has 0 saturated carbocycles. The van der Waals surface area contributed by atoms with Crippen LogP contribution in [0.3, 0.4) is 0 Å². The van der Waals surface area contributed by atoms with E-state index in [9.17, 15) is 9.18 Å². The number of aromatic nitrogens is 3. The molecule has 0 spiro atoms. The third kappa shape index (κ3) is 4.35. The predicted molar refractivity (Wildman–Crippen MR) is 130 cm³/mol. The summed E-state index contributed by atoms with van der Waals surface area (Å²) in [4.78, 5) is 12.5. The van der Waals surface area contributed by atoms with E-state index in [0.29, 0.717) is 6.54 Å². The highest BCUT2D eigenvalue weighted by Crippen LogP contribution is 2.32. The monoisotopic (exact) mass is 453 g/mol. The summed E-state index contributed by atoms with van der Waals surface area (Å²) >= 11 is 0. The number of esters is 1. The molecule has 0 N–H and O–H groups in total. The van der Waals surface area contributed by atoms with E-state index in [-0.39, 0.29) is 18.1 Å². The molecule has 0 amide bonds. The molecule has 34 heavy (non-hydrogen) atoms. The summed E-state index contributed by atoms with van der Waals surface area (Å²) in [6.45, 7) is 3.16. The van der Waals surface area contributed by atoms with Gasteiger partial charge in [0.2, 0.25) is 0 Å². The number of ether oxygens (including phenoxy) is 1. The van der Waals surface area contributed by atoms with Gasteiger partial charge in [0.25, 0.3) is 0 Å². The van der Waals surface area contributed by atoms with E-state index < -0.39 is 5.97 Å². The molecule has 2 aromatic heterocycles. The van der Waals surface area contributed by atoms with Crippen LogP contribution in [0.5, 0.6) is 0 Å². The molecule has 5 rings (SSSR count). The molecule has 5 nitrogen and oxygen atoms in total. The zero-order valence-corrected chi connectivity index (χ0v) is 18.8. The molecular formula is C28H24FN3O2. The minimum atomic E-state index is -0.463. The van der Waals surface area contributed by atoms with E-state index >= 15 is 0 Å². The molecule has 0 atom stereocenters. The van der Waals surface area contributed by atoms with Crippen LogP contribution >= 0.6 is 0 Å². The molecule has 5 aromatic rings. The molecule has 0 radical (unpaired) electrons. The average Bonchev–Trinajstić information content (AvgIpc) is 3.43. The maximum Gasteiger partial charge on any atom is 0.358 e. The first-order chi connectivity index (χ1) is 16.6. The first-order valence-corrected chi connectivity index (χ1v) is 11.2. The Morgan fingerprint density at radius 2 is 1.62 bits per heavy atom. The quantitative estimate of drug-likeness (QED) is 0.288. The number of halogens is 1. The summed E-state index contributed by atoms with van der Waals surface area (Å²) in [6, 6.07) is 26.6. The molecule has 0 aliphatic rings. The molecule has 0 fully saturated rings. The fourth-order valence-electron chi connectivity index (χ4n) is 4.18. The van der Waals surface area contributed by atoms with Gasteiger partial charge in [0.15, 0.2) is 5.69 Å². The largest absolute Gasteiger partial charge is 0.461 e. The van der Waals surface area contributed by atoms with E-state index in [4.69, 9.17) is 4.74 Å². The van der Waals surface area contributed by atoms with Gasteiger partial charge >= 0.3 is 5.97 Å². The van der Waals surface area contributed by atoms with Gasteiger partial charge in [-0.15, -0.1) is 0 Å². The fraction of sp³-hybridized carbons (Fsp3) is 0.143. The molecule has 3 aromatic carbocycles. The lowest BCUT2D eigenvalue weighted by atomic mass is 10.1. The molecule has 6 heteroatoms. The van der Waals surface area contributed by atoms with E-state index in [2.05, 4.69) is 40.1 Å².